The zero-order valence-electron chi connectivity index (χ0n) is 12.3. The molecule has 0 spiro atoms. The van der Waals surface area contributed by atoms with Gasteiger partial charge in [-0.2, -0.15) is 0 Å². The molecule has 1 amide bonds. The van der Waals surface area contributed by atoms with Gasteiger partial charge in [-0.3, -0.25) is 9.59 Å². The van der Waals surface area contributed by atoms with Crippen LogP contribution in [0.3, 0.4) is 0 Å². The molecular formula is C16H14N4O2S. The summed E-state index contributed by atoms with van der Waals surface area (Å²) in [4.78, 5) is 30.3. The lowest BCUT2D eigenvalue weighted by Gasteiger charge is -2.05. The van der Waals surface area contributed by atoms with E-state index >= 15 is 0 Å². The van der Waals surface area contributed by atoms with Gasteiger partial charge in [0.05, 0.1) is 5.69 Å². The Kier molecular flexibility index (Phi) is 3.71. The van der Waals surface area contributed by atoms with Gasteiger partial charge in [0.1, 0.15) is 10.6 Å². The molecule has 3 rings (SSSR count). The number of hydrogen-bond acceptors (Lipinski definition) is 5. The van der Waals surface area contributed by atoms with Crippen LogP contribution in [0.15, 0.2) is 40.5 Å². The van der Waals surface area contributed by atoms with Crippen molar-refractivity contribution in [2.75, 3.05) is 5.73 Å². The second-order valence-corrected chi connectivity index (χ2v) is 5.90. The van der Waals surface area contributed by atoms with E-state index in [4.69, 9.17) is 11.5 Å². The summed E-state index contributed by atoms with van der Waals surface area (Å²) < 4.78 is 0. The normalized spacial score (nSPS) is 10.7. The average molecular weight is 326 g/mol. The number of rotatable bonds is 3. The Morgan fingerprint density at radius 2 is 2.00 bits per heavy atom. The number of aryl methyl sites for hydroxylation is 1. The molecule has 0 bridgehead atoms. The number of carbonyl (C=O) groups excluding carboxylic acids is 1. The van der Waals surface area contributed by atoms with Crippen LogP contribution in [-0.2, 0) is 0 Å². The van der Waals surface area contributed by atoms with Crippen molar-refractivity contribution in [3.8, 4) is 21.8 Å². The van der Waals surface area contributed by atoms with Gasteiger partial charge in [0.2, 0.25) is 0 Å². The van der Waals surface area contributed by atoms with Crippen molar-refractivity contribution in [3.05, 3.63) is 57.3 Å². The number of pyridine rings is 1. The number of anilines is 1. The number of amides is 1. The fraction of sp³-hybridized carbons (Fsp3) is 0.0625. The van der Waals surface area contributed by atoms with E-state index in [9.17, 15) is 9.59 Å². The second kappa shape index (κ2) is 5.69. The Hall–Kier alpha value is -2.93. The van der Waals surface area contributed by atoms with Gasteiger partial charge in [-0.1, -0.05) is 12.1 Å². The summed E-state index contributed by atoms with van der Waals surface area (Å²) in [5.74, 6) is -0.768. The summed E-state index contributed by atoms with van der Waals surface area (Å²) in [5.41, 5.74) is 14.1. The summed E-state index contributed by atoms with van der Waals surface area (Å²) in [6.45, 7) is 1.75. The molecule has 0 atom stereocenters. The number of nitrogens with zero attached hydrogens (tertiary/aromatic N) is 1. The first-order valence-electron chi connectivity index (χ1n) is 6.82. The Labute approximate surface area is 135 Å². The van der Waals surface area contributed by atoms with Crippen LogP contribution in [-0.4, -0.2) is 15.9 Å². The predicted molar refractivity (Wildman–Crippen MR) is 91.3 cm³/mol. The molecule has 0 fully saturated rings. The molecule has 0 saturated heterocycles. The molecule has 0 unspecified atom stereocenters. The zero-order chi connectivity index (χ0) is 16.6. The number of nitrogens with one attached hydrogen (secondary N) is 1. The van der Waals surface area contributed by atoms with Crippen molar-refractivity contribution in [2.45, 2.75) is 6.92 Å². The minimum atomic E-state index is -0.768. The monoisotopic (exact) mass is 326 g/mol. The molecule has 3 aromatic rings. The largest absolute Gasteiger partial charge is 0.398 e. The highest BCUT2D eigenvalue weighted by atomic mass is 32.1. The van der Waals surface area contributed by atoms with Crippen molar-refractivity contribution in [3.63, 3.8) is 0 Å². The van der Waals surface area contributed by atoms with Crippen molar-refractivity contribution in [1.82, 2.24) is 9.97 Å². The van der Waals surface area contributed by atoms with Crippen LogP contribution in [0.5, 0.6) is 0 Å². The number of primary amides is 1. The number of benzene rings is 1. The molecule has 116 valence electrons. The van der Waals surface area contributed by atoms with Gasteiger partial charge < -0.3 is 16.5 Å². The number of aromatic nitrogens is 2. The second-order valence-electron chi connectivity index (χ2n) is 5.04. The number of nitrogen functional groups attached to an aromatic ring is 1. The van der Waals surface area contributed by atoms with Gasteiger partial charge in [-0.05, 0) is 25.1 Å². The lowest BCUT2D eigenvalue weighted by atomic mass is 10.1. The van der Waals surface area contributed by atoms with E-state index in [1.807, 2.05) is 29.6 Å². The van der Waals surface area contributed by atoms with E-state index in [0.29, 0.717) is 22.6 Å². The van der Waals surface area contributed by atoms with Crippen molar-refractivity contribution < 1.29 is 4.79 Å². The van der Waals surface area contributed by atoms with Crippen LogP contribution < -0.4 is 17.0 Å². The van der Waals surface area contributed by atoms with Gasteiger partial charge >= 0.3 is 0 Å². The molecule has 0 saturated carbocycles. The van der Waals surface area contributed by atoms with Crippen LogP contribution >= 0.6 is 11.3 Å². The van der Waals surface area contributed by atoms with E-state index in [0.717, 1.165) is 10.6 Å². The number of nitrogens with two attached hydrogens (primary N) is 2. The number of para-hydroxylation sites is 1. The first-order chi connectivity index (χ1) is 11.0. The van der Waals surface area contributed by atoms with Gasteiger partial charge in [0, 0.05) is 27.9 Å². The standard InChI is InChI=1S/C16H14N4O2S/c1-8-10(6-11(14(18)21)15(22)19-8)13-7-23-16(20-13)9-4-2-3-5-12(9)17/h2-7H,17H2,1H3,(H2,18,21)(H,19,22). The molecule has 6 nitrogen and oxygen atoms in total. The summed E-state index contributed by atoms with van der Waals surface area (Å²) in [6, 6.07) is 8.94. The quantitative estimate of drug-likeness (QED) is 0.640. The number of hydrogen-bond donors (Lipinski definition) is 3. The Bertz CT molecular complexity index is 959. The van der Waals surface area contributed by atoms with Crippen LogP contribution in [0, 0.1) is 6.92 Å². The number of carbonyl (C=O) groups is 1. The lowest BCUT2D eigenvalue weighted by Crippen LogP contribution is -2.24. The van der Waals surface area contributed by atoms with Crippen LogP contribution in [0.1, 0.15) is 16.1 Å². The molecule has 23 heavy (non-hydrogen) atoms. The van der Waals surface area contributed by atoms with Crippen molar-refractivity contribution in [2.24, 2.45) is 5.73 Å². The SMILES string of the molecule is Cc1[nH]c(=O)c(C(N)=O)cc1-c1csc(-c2ccccc2N)n1. The Balaban J connectivity index is 2.11. The molecule has 5 N–H and O–H groups in total. The topological polar surface area (TPSA) is 115 Å². The maximum absolute atomic E-state index is 11.7. The summed E-state index contributed by atoms with van der Waals surface area (Å²) >= 11 is 1.44. The molecule has 2 heterocycles. The van der Waals surface area contributed by atoms with Gasteiger partial charge in [0.15, 0.2) is 0 Å². The molecule has 0 aliphatic heterocycles. The number of thiazole rings is 1. The average Bonchev–Trinajstić information content (AvgIpc) is 2.96. The fourth-order valence-corrected chi connectivity index (χ4v) is 3.15. The molecule has 0 aliphatic carbocycles. The summed E-state index contributed by atoms with van der Waals surface area (Å²) in [6.07, 6.45) is 0. The molecule has 7 heteroatoms. The highest BCUT2D eigenvalue weighted by Gasteiger charge is 2.15. The van der Waals surface area contributed by atoms with E-state index in [1.165, 1.54) is 17.4 Å². The van der Waals surface area contributed by atoms with Crippen molar-refractivity contribution >= 4 is 22.9 Å². The highest BCUT2D eigenvalue weighted by molar-refractivity contribution is 7.13. The van der Waals surface area contributed by atoms with Crippen LogP contribution in [0.4, 0.5) is 5.69 Å². The smallest absolute Gasteiger partial charge is 0.261 e. The van der Waals surface area contributed by atoms with E-state index in [1.54, 1.807) is 6.92 Å². The molecule has 1 aromatic carbocycles. The van der Waals surface area contributed by atoms with E-state index in [-0.39, 0.29) is 5.56 Å². The lowest BCUT2D eigenvalue weighted by molar-refractivity contribution is 0.0999. The highest BCUT2D eigenvalue weighted by Crippen LogP contribution is 2.32. The maximum Gasteiger partial charge on any atom is 0.261 e. The Morgan fingerprint density at radius 3 is 2.70 bits per heavy atom. The molecule has 2 aromatic heterocycles. The van der Waals surface area contributed by atoms with E-state index in [2.05, 4.69) is 9.97 Å². The molecule has 0 aliphatic rings. The van der Waals surface area contributed by atoms with Gasteiger partial charge in [0.25, 0.3) is 11.5 Å². The number of aromatic amines is 1. The fourth-order valence-electron chi connectivity index (χ4n) is 2.29. The minimum absolute atomic E-state index is 0.0839. The minimum Gasteiger partial charge on any atom is -0.398 e. The summed E-state index contributed by atoms with van der Waals surface area (Å²) in [5, 5.41) is 2.62. The third-order valence-electron chi connectivity index (χ3n) is 3.48. The van der Waals surface area contributed by atoms with Gasteiger partial charge in [-0.25, -0.2) is 4.98 Å². The number of H-pyrrole nitrogens is 1. The Morgan fingerprint density at radius 1 is 1.26 bits per heavy atom. The molecule has 0 radical (unpaired) electrons. The van der Waals surface area contributed by atoms with Crippen LogP contribution in [0.2, 0.25) is 0 Å². The van der Waals surface area contributed by atoms with Gasteiger partial charge in [-0.15, -0.1) is 11.3 Å². The van der Waals surface area contributed by atoms with Crippen LogP contribution in [0.25, 0.3) is 21.8 Å². The maximum atomic E-state index is 11.7. The first kappa shape index (κ1) is 15.0. The first-order valence-corrected chi connectivity index (χ1v) is 7.70. The third kappa shape index (κ3) is 2.74. The van der Waals surface area contributed by atoms with Crippen molar-refractivity contribution in [1.29, 1.82) is 0 Å². The zero-order valence-corrected chi connectivity index (χ0v) is 13.1. The predicted octanol–water partition coefficient (Wildman–Crippen LogP) is 2.15. The molecular weight excluding hydrogens is 312 g/mol. The summed E-state index contributed by atoms with van der Waals surface area (Å²) in [7, 11) is 0. The third-order valence-corrected chi connectivity index (χ3v) is 4.35. The van der Waals surface area contributed by atoms with E-state index < -0.39 is 11.5 Å².